The van der Waals surface area contributed by atoms with Crippen LogP contribution in [0.2, 0.25) is 0 Å². The van der Waals surface area contributed by atoms with Crippen molar-refractivity contribution in [3.8, 4) is 0 Å². The molecule has 1 spiro atoms. The lowest BCUT2D eigenvalue weighted by atomic mass is 9.74. The van der Waals surface area contributed by atoms with Gasteiger partial charge in [0.05, 0.1) is 11.9 Å². The zero-order valence-corrected chi connectivity index (χ0v) is 25.3. The summed E-state index contributed by atoms with van der Waals surface area (Å²) in [6, 6.07) is 6.43. The minimum atomic E-state index is -3.45. The molecule has 1 saturated heterocycles. The largest absolute Gasteiger partial charge is 0.463 e. The van der Waals surface area contributed by atoms with E-state index in [0.29, 0.717) is 38.2 Å². The number of para-hydroxylation sites is 1. The Kier molecular flexibility index (Phi) is 10.5. The van der Waals surface area contributed by atoms with Gasteiger partial charge in [-0.15, -0.1) is 0 Å². The Hall–Kier alpha value is -2.82. The van der Waals surface area contributed by atoms with E-state index in [9.17, 15) is 22.8 Å². The van der Waals surface area contributed by atoms with Gasteiger partial charge in [0.25, 0.3) is 0 Å². The number of carbonyl (C=O) groups is 3. The van der Waals surface area contributed by atoms with Crippen molar-refractivity contribution in [2.45, 2.75) is 96.1 Å². The normalized spacial score (nSPS) is 17.3. The molecule has 2 heterocycles. The van der Waals surface area contributed by atoms with Gasteiger partial charge in [0.15, 0.2) is 0 Å². The molecule has 1 atom stereocenters. The Bertz CT molecular complexity index is 1150. The summed E-state index contributed by atoms with van der Waals surface area (Å²) in [5, 5.41) is 2.60. The Morgan fingerprint density at radius 3 is 2.33 bits per heavy atom. The first kappa shape index (κ1) is 31.7. The zero-order valence-electron chi connectivity index (χ0n) is 24.5. The molecule has 2 amide bonds. The Morgan fingerprint density at radius 1 is 1.05 bits per heavy atom. The topological polar surface area (TPSA) is 122 Å². The molecule has 224 valence electrons. The van der Waals surface area contributed by atoms with Crippen molar-refractivity contribution in [3.63, 3.8) is 0 Å². The van der Waals surface area contributed by atoms with Gasteiger partial charge in [-0.25, -0.2) is 13.2 Å². The van der Waals surface area contributed by atoms with E-state index in [-0.39, 0.29) is 18.9 Å². The van der Waals surface area contributed by atoms with Crippen LogP contribution in [0.3, 0.4) is 0 Å². The second-order valence-electron chi connectivity index (χ2n) is 11.9. The molecule has 0 saturated carbocycles. The standard InChI is InChI=1S/C29H45N3O7S/c1-6-7-8-9-10-15-25(33)38-20-23(30-27(35)39-28(2,3)4)26(34)31-18-16-29(17-19-31)21-32(40(5,36)37)24-14-12-11-13-22(24)29/h11-14,23H,6-10,15-21H2,1-5H3,(H,30,35)/t23-/m0/s1. The van der Waals surface area contributed by atoms with Gasteiger partial charge in [0.2, 0.25) is 15.9 Å². The molecule has 3 rings (SSSR count). The van der Waals surface area contributed by atoms with Gasteiger partial charge in [0, 0.05) is 31.5 Å². The van der Waals surface area contributed by atoms with E-state index in [2.05, 4.69) is 12.2 Å². The molecular weight excluding hydrogens is 534 g/mol. The molecule has 0 aliphatic carbocycles. The number of anilines is 1. The van der Waals surface area contributed by atoms with Crippen LogP contribution in [0.15, 0.2) is 24.3 Å². The van der Waals surface area contributed by atoms with Crippen LogP contribution in [-0.4, -0.2) is 75.4 Å². The summed E-state index contributed by atoms with van der Waals surface area (Å²) in [7, 11) is -3.45. The molecule has 1 aromatic carbocycles. The summed E-state index contributed by atoms with van der Waals surface area (Å²) < 4.78 is 37.2. The summed E-state index contributed by atoms with van der Waals surface area (Å²) >= 11 is 0. The first-order valence-corrected chi connectivity index (χ1v) is 16.1. The maximum Gasteiger partial charge on any atom is 0.408 e. The number of fused-ring (bicyclic) bond motifs is 2. The molecule has 2 aliphatic rings. The molecule has 0 radical (unpaired) electrons. The van der Waals surface area contributed by atoms with Crippen LogP contribution in [-0.2, 0) is 34.5 Å². The van der Waals surface area contributed by atoms with Gasteiger partial charge in [0.1, 0.15) is 18.2 Å². The summed E-state index contributed by atoms with van der Waals surface area (Å²) in [4.78, 5) is 40.1. The van der Waals surface area contributed by atoms with Gasteiger partial charge in [-0.1, -0.05) is 50.8 Å². The van der Waals surface area contributed by atoms with E-state index >= 15 is 0 Å². The third kappa shape index (κ3) is 8.34. The number of rotatable bonds is 11. The first-order chi connectivity index (χ1) is 18.8. The fourth-order valence-electron chi connectivity index (χ4n) is 5.43. The molecule has 0 bridgehead atoms. The van der Waals surface area contributed by atoms with Crippen LogP contribution in [0, 0.1) is 0 Å². The molecule has 0 aromatic heterocycles. The molecule has 2 aliphatic heterocycles. The van der Waals surface area contributed by atoms with E-state index in [1.165, 1.54) is 10.6 Å². The average molecular weight is 580 g/mol. The minimum absolute atomic E-state index is 0.263. The van der Waals surface area contributed by atoms with E-state index in [4.69, 9.17) is 9.47 Å². The molecule has 40 heavy (non-hydrogen) atoms. The third-order valence-corrected chi connectivity index (χ3v) is 8.63. The third-order valence-electron chi connectivity index (χ3n) is 7.51. The highest BCUT2D eigenvalue weighted by molar-refractivity contribution is 7.92. The van der Waals surface area contributed by atoms with Crippen molar-refractivity contribution < 1.29 is 32.3 Å². The fraction of sp³-hybridized carbons (Fsp3) is 0.690. The van der Waals surface area contributed by atoms with Crippen molar-refractivity contribution in [3.05, 3.63) is 29.8 Å². The van der Waals surface area contributed by atoms with Crippen LogP contribution in [0.4, 0.5) is 10.5 Å². The first-order valence-electron chi connectivity index (χ1n) is 14.3. The van der Waals surface area contributed by atoms with Crippen LogP contribution in [0.25, 0.3) is 0 Å². The van der Waals surface area contributed by atoms with Gasteiger partial charge >= 0.3 is 12.1 Å². The number of esters is 1. The number of sulfonamides is 1. The number of hydrogen-bond acceptors (Lipinski definition) is 7. The maximum absolute atomic E-state index is 13.6. The predicted octanol–water partition coefficient (Wildman–Crippen LogP) is 4.12. The Morgan fingerprint density at radius 2 is 1.70 bits per heavy atom. The van der Waals surface area contributed by atoms with Gasteiger partial charge in [-0.05, 0) is 51.7 Å². The summed E-state index contributed by atoms with van der Waals surface area (Å²) in [6.07, 6.45) is 6.81. The van der Waals surface area contributed by atoms with Crippen LogP contribution in [0.1, 0.15) is 84.6 Å². The smallest absolute Gasteiger partial charge is 0.408 e. The molecule has 0 unspecified atom stereocenters. The fourth-order valence-corrected chi connectivity index (χ4v) is 6.43. The molecule has 1 N–H and O–H groups in total. The maximum atomic E-state index is 13.6. The number of unbranched alkanes of at least 4 members (excludes halogenated alkanes) is 4. The number of benzene rings is 1. The Balaban J connectivity index is 1.66. The van der Waals surface area contributed by atoms with Crippen LogP contribution >= 0.6 is 0 Å². The van der Waals surface area contributed by atoms with Crippen molar-refractivity contribution in [1.82, 2.24) is 10.2 Å². The number of likely N-dealkylation sites (tertiary alicyclic amines) is 1. The van der Waals surface area contributed by atoms with Crippen LogP contribution < -0.4 is 9.62 Å². The van der Waals surface area contributed by atoms with Crippen molar-refractivity contribution >= 4 is 33.7 Å². The highest BCUT2D eigenvalue weighted by Crippen LogP contribution is 2.47. The molecule has 11 heteroatoms. The lowest BCUT2D eigenvalue weighted by molar-refractivity contribution is -0.147. The highest BCUT2D eigenvalue weighted by atomic mass is 32.2. The van der Waals surface area contributed by atoms with Gasteiger partial charge < -0.3 is 19.7 Å². The van der Waals surface area contributed by atoms with Gasteiger partial charge in [-0.3, -0.25) is 13.9 Å². The van der Waals surface area contributed by atoms with E-state index < -0.39 is 39.1 Å². The summed E-state index contributed by atoms with van der Waals surface area (Å²) in [6.45, 7) is 8.12. The molecular formula is C29H45N3O7S. The number of carbonyl (C=O) groups excluding carboxylic acids is 3. The molecule has 1 aromatic rings. The van der Waals surface area contributed by atoms with Gasteiger partial charge in [-0.2, -0.15) is 0 Å². The van der Waals surface area contributed by atoms with E-state index in [1.807, 2.05) is 24.3 Å². The van der Waals surface area contributed by atoms with Crippen molar-refractivity contribution in [2.24, 2.45) is 0 Å². The van der Waals surface area contributed by atoms with E-state index in [1.54, 1.807) is 25.7 Å². The number of nitrogens with one attached hydrogen (secondary N) is 1. The predicted molar refractivity (Wildman–Crippen MR) is 154 cm³/mol. The lowest BCUT2D eigenvalue weighted by Gasteiger charge is -2.40. The van der Waals surface area contributed by atoms with E-state index in [0.717, 1.165) is 37.7 Å². The number of alkyl carbamates (subject to hydrolysis) is 1. The number of amides is 2. The molecule has 1 fully saturated rings. The lowest BCUT2D eigenvalue weighted by Crippen LogP contribution is -2.55. The highest BCUT2D eigenvalue weighted by Gasteiger charge is 2.48. The number of ether oxygens (including phenoxy) is 2. The monoisotopic (exact) mass is 579 g/mol. The zero-order chi connectivity index (χ0) is 29.6. The molecule has 10 nitrogen and oxygen atoms in total. The summed E-state index contributed by atoms with van der Waals surface area (Å²) in [5.41, 5.74) is 0.514. The minimum Gasteiger partial charge on any atom is -0.463 e. The summed E-state index contributed by atoms with van der Waals surface area (Å²) in [5.74, 6) is -0.760. The quantitative estimate of drug-likeness (QED) is 0.309. The second-order valence-corrected chi connectivity index (χ2v) is 13.8. The van der Waals surface area contributed by atoms with Crippen molar-refractivity contribution in [2.75, 3.05) is 36.8 Å². The second kappa shape index (κ2) is 13.2. The SMILES string of the molecule is CCCCCCCC(=O)OC[C@H](NC(=O)OC(C)(C)C)C(=O)N1CCC2(CC1)CN(S(C)(=O)=O)c1ccccc12. The van der Waals surface area contributed by atoms with Crippen molar-refractivity contribution in [1.29, 1.82) is 0 Å². The average Bonchev–Trinajstić information content (AvgIpc) is 3.20. The number of nitrogens with zero attached hydrogens (tertiary/aromatic N) is 2. The van der Waals surface area contributed by atoms with Crippen LogP contribution in [0.5, 0.6) is 0 Å². The Labute approximate surface area is 238 Å². The number of hydrogen-bond donors (Lipinski definition) is 1. The number of piperidine rings is 1.